The second kappa shape index (κ2) is 10.0. The van der Waals surface area contributed by atoms with Crippen LogP contribution in [0, 0.1) is 0 Å². The Morgan fingerprint density at radius 2 is 1.86 bits per heavy atom. The van der Waals surface area contributed by atoms with Gasteiger partial charge in [-0.15, -0.1) is 11.8 Å². The summed E-state index contributed by atoms with van der Waals surface area (Å²) in [7, 11) is 0. The fraction of sp³-hybridized carbons (Fsp3) is 0.133. The lowest BCUT2D eigenvalue weighted by Crippen LogP contribution is -2.55. The second-order valence-corrected chi connectivity index (χ2v) is 11.0. The van der Waals surface area contributed by atoms with Gasteiger partial charge in [0.1, 0.15) is 12.2 Å². The Bertz CT molecular complexity index is 1480. The van der Waals surface area contributed by atoms with Crippen LogP contribution in [-0.4, -0.2) is 34.3 Å². The molecule has 2 aliphatic heterocycles. The van der Waals surface area contributed by atoms with Gasteiger partial charge in [0, 0.05) is 34.9 Å². The van der Waals surface area contributed by atoms with Crippen molar-refractivity contribution in [2.75, 3.05) is 23.4 Å². The summed E-state index contributed by atoms with van der Waals surface area (Å²) in [4.78, 5) is 27.4. The number of nitrogens with one attached hydrogen (secondary N) is 2. The average Bonchev–Trinajstić information content (AvgIpc) is 3.43. The van der Waals surface area contributed by atoms with Crippen molar-refractivity contribution >= 4 is 40.6 Å². The molecule has 7 heteroatoms. The van der Waals surface area contributed by atoms with Gasteiger partial charge in [0.05, 0.1) is 17.5 Å². The van der Waals surface area contributed by atoms with Crippen LogP contribution in [0.2, 0.25) is 0 Å². The van der Waals surface area contributed by atoms with Crippen LogP contribution in [0.3, 0.4) is 0 Å². The normalized spacial score (nSPS) is 20.3. The molecule has 1 unspecified atom stereocenters. The summed E-state index contributed by atoms with van der Waals surface area (Å²) in [5.41, 5.74) is 7.09. The lowest BCUT2D eigenvalue weighted by Gasteiger charge is -2.41. The van der Waals surface area contributed by atoms with Crippen molar-refractivity contribution < 1.29 is 14.1 Å². The van der Waals surface area contributed by atoms with Crippen molar-refractivity contribution in [3.63, 3.8) is 0 Å². The highest BCUT2D eigenvalue weighted by atomic mass is 32.2. The quantitative estimate of drug-likeness (QED) is 0.380. The molecule has 0 bridgehead atoms. The number of hydrogen-bond donors (Lipinski definition) is 2. The predicted molar refractivity (Wildman–Crippen MR) is 152 cm³/mol. The van der Waals surface area contributed by atoms with Crippen LogP contribution < -0.4 is 10.6 Å². The molecule has 1 saturated heterocycles. The Morgan fingerprint density at radius 3 is 2.70 bits per heavy atom. The highest BCUT2D eigenvalue weighted by Gasteiger charge is 2.49. The molecular weight excluding hydrogens is 498 g/mol. The zero-order valence-electron chi connectivity index (χ0n) is 20.1. The van der Waals surface area contributed by atoms with Gasteiger partial charge in [0.2, 0.25) is 0 Å². The third kappa shape index (κ3) is 4.29. The summed E-state index contributed by atoms with van der Waals surface area (Å²) in [6.45, 7) is 0.714. The van der Waals surface area contributed by atoms with Crippen molar-refractivity contribution in [1.82, 2.24) is 5.32 Å². The molecule has 184 valence electrons. The molecule has 3 aliphatic rings. The number of thiophene rings is 1. The molecular formula is C30H26N3O2S2+. The summed E-state index contributed by atoms with van der Waals surface area (Å²) in [5.74, 6) is 1.60. The number of thioether (sulfide) groups is 1. The maximum Gasteiger partial charge on any atom is 0.355 e. The van der Waals surface area contributed by atoms with E-state index in [1.54, 1.807) is 11.3 Å². The second-order valence-electron chi connectivity index (χ2n) is 9.14. The highest BCUT2D eigenvalue weighted by Crippen LogP contribution is 2.41. The van der Waals surface area contributed by atoms with Crippen LogP contribution in [0.5, 0.6) is 0 Å². The number of carbonyl (C=O) groups excluding carboxylic acids is 2. The average molecular weight is 525 g/mol. The number of anilines is 1. The Morgan fingerprint density at radius 1 is 1.00 bits per heavy atom. The summed E-state index contributed by atoms with van der Waals surface area (Å²) >= 11 is 3.46. The van der Waals surface area contributed by atoms with E-state index >= 15 is 0 Å². The topological polar surface area (TPSA) is 58.2 Å². The zero-order valence-corrected chi connectivity index (χ0v) is 21.8. The SMILES string of the molecule is O=C(Nc1ccc(C(=O)[N+]23CCSCC2=CNC=C2CC=CC=C23)cc1)c1ccccc1-c1ccsc1. The predicted octanol–water partition coefficient (Wildman–Crippen LogP) is 6.54. The molecule has 2 aromatic carbocycles. The van der Waals surface area contributed by atoms with E-state index in [0.29, 0.717) is 23.4 Å². The number of allylic oxidation sites excluding steroid dienone is 4. The fourth-order valence-electron chi connectivity index (χ4n) is 5.18. The van der Waals surface area contributed by atoms with E-state index < -0.39 is 0 Å². The molecule has 37 heavy (non-hydrogen) atoms. The van der Waals surface area contributed by atoms with E-state index in [0.717, 1.165) is 46.0 Å². The molecule has 5 nitrogen and oxygen atoms in total. The molecule has 1 fully saturated rings. The molecule has 0 spiro atoms. The van der Waals surface area contributed by atoms with Crippen LogP contribution in [0.15, 0.2) is 113 Å². The van der Waals surface area contributed by atoms with Crippen molar-refractivity contribution in [2.45, 2.75) is 6.42 Å². The van der Waals surface area contributed by atoms with E-state index in [9.17, 15) is 9.59 Å². The first-order valence-electron chi connectivity index (χ1n) is 12.2. The van der Waals surface area contributed by atoms with E-state index in [1.807, 2.05) is 89.5 Å². The van der Waals surface area contributed by atoms with Gasteiger partial charge in [-0.2, -0.15) is 15.8 Å². The number of hydrogen-bond acceptors (Lipinski definition) is 5. The summed E-state index contributed by atoms with van der Waals surface area (Å²) < 4.78 is 0.218. The number of quaternary nitrogens is 1. The van der Waals surface area contributed by atoms with E-state index in [-0.39, 0.29) is 16.3 Å². The molecule has 0 radical (unpaired) electrons. The van der Waals surface area contributed by atoms with Crippen molar-refractivity contribution in [1.29, 1.82) is 0 Å². The molecule has 0 saturated carbocycles. The molecule has 3 aromatic rings. The van der Waals surface area contributed by atoms with E-state index in [2.05, 4.69) is 28.9 Å². The number of rotatable bonds is 4. The van der Waals surface area contributed by atoms with Crippen LogP contribution in [0.4, 0.5) is 5.69 Å². The monoisotopic (exact) mass is 524 g/mol. The van der Waals surface area contributed by atoms with Crippen molar-refractivity contribution in [3.8, 4) is 11.1 Å². The minimum Gasteiger partial charge on any atom is -0.363 e. The molecule has 2 N–H and O–H groups in total. The lowest BCUT2D eigenvalue weighted by atomic mass is 9.99. The minimum atomic E-state index is -0.173. The van der Waals surface area contributed by atoms with E-state index in [4.69, 9.17) is 0 Å². The fourth-order valence-corrected chi connectivity index (χ4v) is 6.89. The van der Waals surface area contributed by atoms with Gasteiger partial charge in [-0.1, -0.05) is 30.4 Å². The zero-order chi connectivity index (χ0) is 25.2. The number of benzene rings is 2. The number of fused-ring (bicyclic) bond motifs is 3. The van der Waals surface area contributed by atoms with Gasteiger partial charge in [0.15, 0.2) is 5.70 Å². The van der Waals surface area contributed by atoms with Gasteiger partial charge < -0.3 is 10.6 Å². The summed E-state index contributed by atoms with van der Waals surface area (Å²) in [5, 5.41) is 10.4. The maximum atomic E-state index is 14.2. The number of nitrogens with zero attached hydrogens (tertiary/aromatic N) is 1. The van der Waals surface area contributed by atoms with Crippen molar-refractivity contribution in [3.05, 3.63) is 124 Å². The Kier molecular flexibility index (Phi) is 6.42. The molecule has 2 amide bonds. The lowest BCUT2D eigenvalue weighted by molar-refractivity contribution is -0.766. The van der Waals surface area contributed by atoms with Gasteiger partial charge >= 0.3 is 5.91 Å². The van der Waals surface area contributed by atoms with Crippen LogP contribution >= 0.6 is 23.1 Å². The Labute approximate surface area is 224 Å². The third-order valence-electron chi connectivity index (χ3n) is 7.03. The smallest absolute Gasteiger partial charge is 0.355 e. The molecule has 1 aromatic heterocycles. The highest BCUT2D eigenvalue weighted by molar-refractivity contribution is 7.99. The van der Waals surface area contributed by atoms with Gasteiger partial charge in [-0.25, -0.2) is 4.79 Å². The summed E-state index contributed by atoms with van der Waals surface area (Å²) in [6.07, 6.45) is 11.1. The molecule has 1 atom stereocenters. The number of carbonyl (C=O) groups is 2. The van der Waals surface area contributed by atoms with Crippen molar-refractivity contribution in [2.24, 2.45) is 0 Å². The third-order valence-corrected chi connectivity index (χ3v) is 8.68. The first-order valence-corrected chi connectivity index (χ1v) is 14.3. The van der Waals surface area contributed by atoms with E-state index in [1.165, 1.54) is 0 Å². The van der Waals surface area contributed by atoms with Gasteiger partial charge in [-0.05, 0) is 64.7 Å². The first-order chi connectivity index (χ1) is 18.2. The van der Waals surface area contributed by atoms with Crippen LogP contribution in [0.1, 0.15) is 27.1 Å². The van der Waals surface area contributed by atoms with Crippen LogP contribution in [-0.2, 0) is 0 Å². The molecule has 3 heterocycles. The largest absolute Gasteiger partial charge is 0.363 e. The molecule has 6 rings (SSSR count). The van der Waals surface area contributed by atoms with Gasteiger partial charge in [0.25, 0.3) is 5.91 Å². The minimum absolute atomic E-state index is 0.0587. The Balaban J connectivity index is 1.28. The van der Waals surface area contributed by atoms with Crippen LogP contribution in [0.25, 0.3) is 11.1 Å². The number of amides is 2. The molecule has 1 aliphatic carbocycles. The maximum absolute atomic E-state index is 14.2. The van der Waals surface area contributed by atoms with Gasteiger partial charge in [-0.3, -0.25) is 4.79 Å². The standard InChI is InChI=1S/C30H25N3O2S2/c34-29(27-7-3-2-6-26(27)23-13-15-36-19-23)32-24-11-9-21(10-12-24)30(35)33-14-16-37-20-25(33)18-31-17-22-5-1-4-8-28(22)33/h1-4,6-13,15,17-19,31H,5,14,16,20H2/p+1. The Hall–Kier alpha value is -3.65. The first kappa shape index (κ1) is 23.7. The summed E-state index contributed by atoms with van der Waals surface area (Å²) in [6, 6.07) is 16.9.